The molecule has 0 spiro atoms. The molecule has 1 aromatic carbocycles. The maximum atomic E-state index is 8.94. The van der Waals surface area contributed by atoms with Crippen molar-refractivity contribution < 1.29 is 0 Å². The molecule has 2 heterocycles. The molecule has 1 atom stereocenters. The zero-order valence-corrected chi connectivity index (χ0v) is 12.3. The van der Waals surface area contributed by atoms with Crippen molar-refractivity contribution >= 4 is 0 Å². The molecule has 0 aromatic heterocycles. The quantitative estimate of drug-likeness (QED) is 0.826. The third kappa shape index (κ3) is 2.87. The average molecular weight is 269 g/mol. The van der Waals surface area contributed by atoms with Crippen LogP contribution in [0.5, 0.6) is 0 Å². The summed E-state index contributed by atoms with van der Waals surface area (Å²) in [4.78, 5) is 5.26. The van der Waals surface area contributed by atoms with Gasteiger partial charge >= 0.3 is 0 Å². The van der Waals surface area contributed by atoms with Crippen LogP contribution in [0.15, 0.2) is 18.2 Å². The second kappa shape index (κ2) is 5.95. The zero-order chi connectivity index (χ0) is 13.9. The van der Waals surface area contributed by atoms with E-state index in [4.69, 9.17) is 5.26 Å². The summed E-state index contributed by atoms with van der Waals surface area (Å²) in [6.07, 6.45) is 4.14. The second-order valence-corrected chi connectivity index (χ2v) is 6.17. The van der Waals surface area contributed by atoms with Crippen LogP contribution in [0.1, 0.15) is 36.0 Å². The summed E-state index contributed by atoms with van der Waals surface area (Å²) in [6, 6.07) is 9.07. The van der Waals surface area contributed by atoms with E-state index >= 15 is 0 Å². The molecule has 0 N–H and O–H groups in total. The van der Waals surface area contributed by atoms with E-state index in [0.29, 0.717) is 0 Å². The van der Waals surface area contributed by atoms with Gasteiger partial charge in [0.25, 0.3) is 0 Å². The normalized spacial score (nSPS) is 24.1. The number of piperidine rings is 1. The molecule has 3 heteroatoms. The Bertz CT molecular complexity index is 517. The van der Waals surface area contributed by atoms with Crippen LogP contribution in [0.25, 0.3) is 0 Å². The van der Waals surface area contributed by atoms with Gasteiger partial charge < -0.3 is 0 Å². The molecule has 0 aliphatic carbocycles. The molecule has 1 aromatic rings. The number of nitrogens with zero attached hydrogens (tertiary/aromatic N) is 3. The summed E-state index contributed by atoms with van der Waals surface area (Å²) < 4.78 is 0. The predicted octanol–water partition coefficient (Wildman–Crippen LogP) is 2.54. The van der Waals surface area contributed by atoms with Crippen molar-refractivity contribution in [2.45, 2.75) is 38.8 Å². The largest absolute Gasteiger partial charge is 0.298 e. The SMILES string of the molecule is Cc1cc(C#N)ccc1CN1CCN2CCCCC2C1. The number of nitriles is 1. The molecule has 2 aliphatic rings. The van der Waals surface area contributed by atoms with Crippen molar-refractivity contribution in [1.82, 2.24) is 9.80 Å². The van der Waals surface area contributed by atoms with E-state index in [-0.39, 0.29) is 0 Å². The summed E-state index contributed by atoms with van der Waals surface area (Å²) in [7, 11) is 0. The van der Waals surface area contributed by atoms with Crippen LogP contribution in [-0.4, -0.2) is 42.0 Å². The number of hydrogen-bond donors (Lipinski definition) is 0. The van der Waals surface area contributed by atoms with Crippen molar-refractivity contribution in [2.24, 2.45) is 0 Å². The minimum atomic E-state index is 0.767. The summed E-state index contributed by atoms with van der Waals surface area (Å²) in [5.41, 5.74) is 3.38. The van der Waals surface area contributed by atoms with Gasteiger partial charge in [-0.05, 0) is 49.6 Å². The van der Waals surface area contributed by atoms with Crippen LogP contribution in [0.2, 0.25) is 0 Å². The van der Waals surface area contributed by atoms with Crippen LogP contribution in [-0.2, 0) is 6.54 Å². The maximum absolute atomic E-state index is 8.94. The smallest absolute Gasteiger partial charge is 0.0991 e. The van der Waals surface area contributed by atoms with Gasteiger partial charge in [-0.1, -0.05) is 12.5 Å². The van der Waals surface area contributed by atoms with Crippen LogP contribution in [0.4, 0.5) is 0 Å². The Balaban J connectivity index is 1.65. The van der Waals surface area contributed by atoms with Gasteiger partial charge in [0.15, 0.2) is 0 Å². The van der Waals surface area contributed by atoms with E-state index in [1.54, 1.807) is 0 Å². The van der Waals surface area contributed by atoms with E-state index in [1.165, 1.54) is 56.6 Å². The van der Waals surface area contributed by atoms with Gasteiger partial charge in [-0.2, -0.15) is 5.26 Å². The van der Waals surface area contributed by atoms with Gasteiger partial charge in [-0.25, -0.2) is 0 Å². The van der Waals surface area contributed by atoms with E-state index in [9.17, 15) is 0 Å². The fraction of sp³-hybridized carbons (Fsp3) is 0.588. The predicted molar refractivity (Wildman–Crippen MR) is 80.4 cm³/mol. The number of benzene rings is 1. The zero-order valence-electron chi connectivity index (χ0n) is 12.3. The van der Waals surface area contributed by atoms with E-state index in [2.05, 4.69) is 28.9 Å². The third-order valence-electron chi connectivity index (χ3n) is 4.79. The van der Waals surface area contributed by atoms with E-state index in [1.807, 2.05) is 12.1 Å². The Morgan fingerprint density at radius 3 is 2.95 bits per heavy atom. The molecule has 0 bridgehead atoms. The molecule has 2 saturated heterocycles. The monoisotopic (exact) mass is 269 g/mol. The minimum absolute atomic E-state index is 0.767. The first-order chi connectivity index (χ1) is 9.76. The van der Waals surface area contributed by atoms with Gasteiger partial charge in [0.2, 0.25) is 0 Å². The lowest BCUT2D eigenvalue weighted by molar-refractivity contribution is 0.0456. The van der Waals surface area contributed by atoms with Crippen molar-refractivity contribution in [3.63, 3.8) is 0 Å². The molecule has 0 radical (unpaired) electrons. The molecule has 2 aliphatic heterocycles. The molecule has 0 amide bonds. The summed E-state index contributed by atoms with van der Waals surface area (Å²) in [5, 5.41) is 8.94. The van der Waals surface area contributed by atoms with Crippen LogP contribution in [0, 0.1) is 18.3 Å². The first-order valence-electron chi connectivity index (χ1n) is 7.72. The van der Waals surface area contributed by atoms with Gasteiger partial charge in [-0.15, -0.1) is 0 Å². The summed E-state index contributed by atoms with van der Waals surface area (Å²) in [6.45, 7) is 8.05. The topological polar surface area (TPSA) is 30.3 Å². The fourth-order valence-corrected chi connectivity index (χ4v) is 3.55. The summed E-state index contributed by atoms with van der Waals surface area (Å²) >= 11 is 0. The Kier molecular flexibility index (Phi) is 4.05. The Hall–Kier alpha value is -1.37. The highest BCUT2D eigenvalue weighted by Crippen LogP contribution is 2.23. The number of aryl methyl sites for hydroxylation is 1. The molecular weight excluding hydrogens is 246 g/mol. The Morgan fingerprint density at radius 2 is 2.15 bits per heavy atom. The number of piperazine rings is 1. The van der Waals surface area contributed by atoms with E-state index in [0.717, 1.165) is 18.2 Å². The summed E-state index contributed by atoms with van der Waals surface area (Å²) in [5.74, 6) is 0. The first-order valence-corrected chi connectivity index (χ1v) is 7.72. The molecule has 3 nitrogen and oxygen atoms in total. The van der Waals surface area contributed by atoms with Gasteiger partial charge in [-0.3, -0.25) is 9.80 Å². The highest BCUT2D eigenvalue weighted by atomic mass is 15.3. The van der Waals surface area contributed by atoms with Gasteiger partial charge in [0.1, 0.15) is 0 Å². The second-order valence-electron chi connectivity index (χ2n) is 6.17. The molecular formula is C17H23N3. The van der Waals surface area contributed by atoms with Crippen molar-refractivity contribution in [1.29, 1.82) is 5.26 Å². The van der Waals surface area contributed by atoms with E-state index < -0.39 is 0 Å². The van der Waals surface area contributed by atoms with Gasteiger partial charge in [0.05, 0.1) is 11.6 Å². The lowest BCUT2D eigenvalue weighted by Crippen LogP contribution is -2.54. The Labute approximate surface area is 121 Å². The lowest BCUT2D eigenvalue weighted by atomic mass is 9.98. The van der Waals surface area contributed by atoms with Crippen LogP contribution in [0.3, 0.4) is 0 Å². The molecule has 1 unspecified atom stereocenters. The molecule has 106 valence electrons. The number of rotatable bonds is 2. The molecule has 3 rings (SSSR count). The third-order valence-corrected chi connectivity index (χ3v) is 4.79. The lowest BCUT2D eigenvalue weighted by Gasteiger charge is -2.44. The van der Waals surface area contributed by atoms with Crippen LogP contribution < -0.4 is 0 Å². The van der Waals surface area contributed by atoms with Gasteiger partial charge in [0, 0.05) is 32.2 Å². The minimum Gasteiger partial charge on any atom is -0.298 e. The molecule has 0 saturated carbocycles. The van der Waals surface area contributed by atoms with Crippen molar-refractivity contribution in [3.8, 4) is 6.07 Å². The fourth-order valence-electron chi connectivity index (χ4n) is 3.55. The highest BCUT2D eigenvalue weighted by Gasteiger charge is 2.28. The first kappa shape index (κ1) is 13.6. The van der Waals surface area contributed by atoms with Crippen molar-refractivity contribution in [2.75, 3.05) is 26.2 Å². The maximum Gasteiger partial charge on any atom is 0.0991 e. The van der Waals surface area contributed by atoms with Crippen LogP contribution >= 0.6 is 0 Å². The molecule has 2 fully saturated rings. The number of hydrogen-bond acceptors (Lipinski definition) is 3. The average Bonchev–Trinajstić information content (AvgIpc) is 2.49. The standard InChI is InChI=1S/C17H23N3/c1-14-10-15(11-18)5-6-16(14)12-19-8-9-20-7-3-2-4-17(20)13-19/h5-6,10,17H,2-4,7-9,12-13H2,1H3. The highest BCUT2D eigenvalue weighted by molar-refractivity contribution is 5.37. The number of fused-ring (bicyclic) bond motifs is 1. The van der Waals surface area contributed by atoms with Crippen molar-refractivity contribution in [3.05, 3.63) is 34.9 Å². The molecule has 20 heavy (non-hydrogen) atoms. The Morgan fingerprint density at radius 1 is 1.25 bits per heavy atom.